The second kappa shape index (κ2) is 12.7. The number of ether oxygens (including phenoxy) is 4. The fourth-order valence-electron chi connectivity index (χ4n) is 5.14. The maximum atomic E-state index is 15.3. The second-order valence-electron chi connectivity index (χ2n) is 9.83. The van der Waals surface area contributed by atoms with Gasteiger partial charge >= 0.3 is 6.18 Å². The van der Waals surface area contributed by atoms with Gasteiger partial charge in [-0.15, -0.1) is 0 Å². The molecule has 1 heterocycles. The fourth-order valence-corrected chi connectivity index (χ4v) is 5.14. The number of ketones is 1. The minimum Gasteiger partial charge on any atom is -0.497 e. The number of carbonyl (C=O) groups excluding carboxylic acids is 3. The molecule has 2 amide bonds. The van der Waals surface area contributed by atoms with Crippen LogP contribution in [0.2, 0.25) is 0 Å². The number of allylic oxidation sites excluding steroid dienone is 1. The highest BCUT2D eigenvalue weighted by molar-refractivity contribution is 6.19. The molecule has 0 aromatic heterocycles. The zero-order chi connectivity index (χ0) is 32.2. The Kier molecular flexibility index (Phi) is 9.22. The maximum Gasteiger partial charge on any atom is 0.425 e. The number of carbonyl (C=O) groups is 3. The van der Waals surface area contributed by atoms with Crippen LogP contribution in [0.1, 0.15) is 33.2 Å². The molecule has 0 aliphatic carbocycles. The summed E-state index contributed by atoms with van der Waals surface area (Å²) >= 11 is 0. The summed E-state index contributed by atoms with van der Waals surface area (Å²) < 4.78 is 66.9. The van der Waals surface area contributed by atoms with Crippen molar-refractivity contribution >= 4 is 17.6 Å². The molecule has 0 fully saturated rings. The second-order valence-corrected chi connectivity index (χ2v) is 9.83. The molecule has 12 heteroatoms. The lowest BCUT2D eigenvalue weighted by molar-refractivity contribution is -0.189. The molecule has 9 nitrogen and oxygen atoms in total. The minimum absolute atomic E-state index is 0.00392. The van der Waals surface area contributed by atoms with Gasteiger partial charge in [0.05, 0.1) is 34.0 Å². The van der Waals surface area contributed by atoms with Gasteiger partial charge in [-0.2, -0.15) is 13.2 Å². The lowest BCUT2D eigenvalue weighted by Crippen LogP contribution is -2.66. The number of nitrogens with one attached hydrogen (secondary N) is 1. The van der Waals surface area contributed by atoms with E-state index in [0.29, 0.717) is 11.3 Å². The third kappa shape index (κ3) is 5.67. The highest BCUT2D eigenvalue weighted by Gasteiger charge is 2.70. The van der Waals surface area contributed by atoms with Crippen LogP contribution in [0.15, 0.2) is 78.0 Å². The molecule has 44 heavy (non-hydrogen) atoms. The van der Waals surface area contributed by atoms with Gasteiger partial charge in [0.15, 0.2) is 17.3 Å². The Bertz CT molecular complexity index is 1560. The topological polar surface area (TPSA) is 103 Å². The van der Waals surface area contributed by atoms with Gasteiger partial charge in [0.1, 0.15) is 5.75 Å². The van der Waals surface area contributed by atoms with E-state index in [1.54, 1.807) is 30.3 Å². The molecule has 0 bridgehead atoms. The molecular weight excluding hydrogens is 581 g/mol. The molecule has 0 radical (unpaired) electrons. The van der Waals surface area contributed by atoms with Crippen LogP contribution in [-0.4, -0.2) is 69.2 Å². The molecule has 1 aliphatic heterocycles. The molecule has 4 rings (SSSR count). The molecular formula is C32H31F3N2O7. The Morgan fingerprint density at radius 3 is 1.93 bits per heavy atom. The van der Waals surface area contributed by atoms with Crippen LogP contribution in [0.25, 0.3) is 0 Å². The molecule has 232 valence electrons. The van der Waals surface area contributed by atoms with Crippen molar-refractivity contribution in [2.75, 3.05) is 35.0 Å². The van der Waals surface area contributed by atoms with Crippen LogP contribution in [0.5, 0.6) is 23.0 Å². The van der Waals surface area contributed by atoms with Crippen molar-refractivity contribution in [3.8, 4) is 23.0 Å². The number of halogens is 3. The normalized spacial score (nSPS) is 16.5. The summed E-state index contributed by atoms with van der Waals surface area (Å²) in [6, 6.07) is 16.4. The smallest absolute Gasteiger partial charge is 0.425 e. The third-order valence-electron chi connectivity index (χ3n) is 7.41. The average molecular weight is 613 g/mol. The monoisotopic (exact) mass is 612 g/mol. The summed E-state index contributed by atoms with van der Waals surface area (Å²) in [5, 5.41) is 1.91. The quantitative estimate of drug-likeness (QED) is 0.304. The summed E-state index contributed by atoms with van der Waals surface area (Å²) in [6.45, 7) is 1.07. The van der Waals surface area contributed by atoms with Crippen molar-refractivity contribution in [3.05, 3.63) is 94.7 Å². The van der Waals surface area contributed by atoms with Crippen LogP contribution in [0.4, 0.5) is 13.2 Å². The number of methoxy groups -OCH3 is 4. The first kappa shape index (κ1) is 31.9. The Hall–Kier alpha value is -5.00. The molecule has 0 spiro atoms. The average Bonchev–Trinajstić information content (AvgIpc) is 3.24. The van der Waals surface area contributed by atoms with Crippen molar-refractivity contribution in [3.63, 3.8) is 0 Å². The number of alkyl halides is 3. The first-order valence-corrected chi connectivity index (χ1v) is 13.4. The van der Waals surface area contributed by atoms with Gasteiger partial charge in [-0.05, 0) is 43.2 Å². The van der Waals surface area contributed by atoms with Crippen LogP contribution in [0, 0.1) is 0 Å². The predicted octanol–water partition coefficient (Wildman–Crippen LogP) is 4.99. The number of benzene rings is 3. The lowest BCUT2D eigenvalue weighted by Gasteiger charge is -2.33. The summed E-state index contributed by atoms with van der Waals surface area (Å²) in [6.07, 6.45) is -5.26. The Labute approximate surface area is 252 Å². The number of rotatable bonds is 11. The summed E-state index contributed by atoms with van der Waals surface area (Å²) in [4.78, 5) is 42.3. The van der Waals surface area contributed by atoms with E-state index in [1.807, 2.05) is 5.32 Å². The van der Waals surface area contributed by atoms with E-state index in [-0.39, 0.29) is 47.0 Å². The Balaban J connectivity index is 1.83. The third-order valence-corrected chi connectivity index (χ3v) is 7.41. The summed E-state index contributed by atoms with van der Waals surface area (Å²) in [5.41, 5.74) is -4.49. The van der Waals surface area contributed by atoms with Crippen molar-refractivity contribution in [1.29, 1.82) is 0 Å². The van der Waals surface area contributed by atoms with Crippen molar-refractivity contribution < 1.29 is 46.5 Å². The number of hydrogen-bond donors (Lipinski definition) is 1. The zero-order valence-corrected chi connectivity index (χ0v) is 24.7. The first-order chi connectivity index (χ1) is 20.9. The number of amides is 2. The molecule has 0 saturated carbocycles. The van der Waals surface area contributed by atoms with E-state index in [1.165, 1.54) is 59.6 Å². The molecule has 0 saturated heterocycles. The summed E-state index contributed by atoms with van der Waals surface area (Å²) in [5.74, 6) is -3.15. The Morgan fingerprint density at radius 1 is 0.841 bits per heavy atom. The zero-order valence-electron chi connectivity index (χ0n) is 24.7. The van der Waals surface area contributed by atoms with Crippen molar-refractivity contribution in [2.45, 2.75) is 25.1 Å². The van der Waals surface area contributed by atoms with E-state index in [2.05, 4.69) is 0 Å². The van der Waals surface area contributed by atoms with Gasteiger partial charge in [-0.25, -0.2) is 0 Å². The van der Waals surface area contributed by atoms with Gasteiger partial charge < -0.3 is 29.2 Å². The largest absolute Gasteiger partial charge is 0.497 e. The molecule has 0 unspecified atom stereocenters. The van der Waals surface area contributed by atoms with Crippen LogP contribution >= 0.6 is 0 Å². The predicted molar refractivity (Wildman–Crippen MR) is 154 cm³/mol. The van der Waals surface area contributed by atoms with Gasteiger partial charge in [0.25, 0.3) is 11.8 Å². The fraction of sp³-hybridized carbons (Fsp3) is 0.281. The van der Waals surface area contributed by atoms with Crippen molar-refractivity contribution in [2.24, 2.45) is 0 Å². The Morgan fingerprint density at radius 2 is 1.43 bits per heavy atom. The number of nitrogens with zero attached hydrogens (tertiary/aromatic N) is 1. The molecule has 1 N–H and O–H groups in total. The van der Waals surface area contributed by atoms with Crippen LogP contribution < -0.4 is 24.3 Å². The number of hydrogen-bond acceptors (Lipinski definition) is 7. The minimum atomic E-state index is -5.42. The molecule has 1 atom stereocenters. The molecule has 3 aromatic carbocycles. The lowest BCUT2D eigenvalue weighted by atomic mass is 9.84. The van der Waals surface area contributed by atoms with E-state index in [9.17, 15) is 14.4 Å². The van der Waals surface area contributed by atoms with Gasteiger partial charge in [-0.1, -0.05) is 42.5 Å². The highest BCUT2D eigenvalue weighted by atomic mass is 19.4. The van der Waals surface area contributed by atoms with Crippen molar-refractivity contribution in [1.82, 2.24) is 10.2 Å². The van der Waals surface area contributed by atoms with Gasteiger partial charge in [0.2, 0.25) is 11.3 Å². The maximum absolute atomic E-state index is 15.3. The van der Waals surface area contributed by atoms with Gasteiger partial charge in [-0.3, -0.25) is 14.4 Å². The van der Waals surface area contributed by atoms with Crippen LogP contribution in [0.3, 0.4) is 0 Å². The first-order valence-electron chi connectivity index (χ1n) is 13.4. The highest BCUT2D eigenvalue weighted by Crippen LogP contribution is 2.46. The van der Waals surface area contributed by atoms with E-state index in [4.69, 9.17) is 18.9 Å². The molecule has 3 aromatic rings. The van der Waals surface area contributed by atoms with E-state index < -0.39 is 34.9 Å². The van der Waals surface area contributed by atoms with E-state index >= 15 is 13.2 Å². The number of Topliss-reactive ketones (excluding diaryl/α,β-unsaturated/α-hetero) is 1. The van der Waals surface area contributed by atoms with E-state index in [0.717, 1.165) is 17.0 Å². The standard InChI is InChI=1S/C32H31F3N2O7/c1-19-26(27(38)21-9-7-6-8-10-21)31(32(33,34)35,30(40)37(19)16-15-20-11-13-23(41-2)14-12-20)36-29(39)22-17-24(42-3)28(44-5)25(18-22)43-4/h6-14,17-18H,15-16H2,1-5H3,(H,36,39)/t31-/m1/s1. The van der Waals surface area contributed by atoms with Gasteiger partial charge in [0, 0.05) is 23.4 Å². The van der Waals surface area contributed by atoms with Crippen LogP contribution in [-0.2, 0) is 11.2 Å². The molecule has 1 aliphatic rings. The summed E-state index contributed by atoms with van der Waals surface area (Å²) in [7, 11) is 5.38. The SMILES string of the molecule is COc1ccc(CCN2C(=O)[C@@](NC(=O)c3cc(OC)c(OC)c(OC)c3)(C(F)(F)F)C(C(=O)c3ccccc3)=C2C)cc1.